The summed E-state index contributed by atoms with van der Waals surface area (Å²) in [6, 6.07) is 21.3. The Balaban J connectivity index is 1.49. The number of nitrogens with zero attached hydrogens (tertiary/aromatic N) is 1. The summed E-state index contributed by atoms with van der Waals surface area (Å²) < 4.78 is 0. The number of nitrogens with one attached hydrogen (secondary N) is 1. The first kappa shape index (κ1) is 20.8. The highest BCUT2D eigenvalue weighted by atomic mass is 32.1. The van der Waals surface area contributed by atoms with Crippen LogP contribution in [0.4, 0.5) is 11.4 Å². The molecule has 2 amide bonds. The molecule has 3 rings (SSSR count). The van der Waals surface area contributed by atoms with Gasteiger partial charge in [-0.1, -0.05) is 36.4 Å². The quantitative estimate of drug-likeness (QED) is 0.524. The summed E-state index contributed by atoms with van der Waals surface area (Å²) in [6.07, 6.45) is 2.60. The van der Waals surface area contributed by atoms with Crippen LogP contribution >= 0.6 is 11.3 Å². The van der Waals surface area contributed by atoms with Gasteiger partial charge in [-0.05, 0) is 61.0 Å². The maximum atomic E-state index is 12.7. The molecule has 0 fully saturated rings. The molecule has 1 heterocycles. The molecule has 0 spiro atoms. The van der Waals surface area contributed by atoms with Gasteiger partial charge in [0.1, 0.15) is 0 Å². The highest BCUT2D eigenvalue weighted by Gasteiger charge is 2.14. The molecule has 3 aromatic rings. The second kappa shape index (κ2) is 10.6. The van der Waals surface area contributed by atoms with Gasteiger partial charge in [-0.3, -0.25) is 9.59 Å². The molecule has 0 unspecified atom stereocenters. The molecule has 5 heteroatoms. The number of para-hydroxylation sites is 1. The number of hydrogen-bond donors (Lipinski definition) is 1. The Labute approximate surface area is 176 Å². The summed E-state index contributed by atoms with van der Waals surface area (Å²) in [5, 5.41) is 4.99. The number of carbonyl (C=O) groups excluding carboxylic acids is 2. The minimum atomic E-state index is 0.0200. The van der Waals surface area contributed by atoms with Crippen molar-refractivity contribution < 1.29 is 9.59 Å². The smallest absolute Gasteiger partial charge is 0.231 e. The first-order valence-electron chi connectivity index (χ1n) is 9.92. The van der Waals surface area contributed by atoms with E-state index in [0.29, 0.717) is 19.4 Å². The molecule has 150 valence electrons. The van der Waals surface area contributed by atoms with Crippen molar-refractivity contribution in [3.8, 4) is 0 Å². The predicted octanol–water partition coefficient (Wildman–Crippen LogP) is 5.31. The van der Waals surface area contributed by atoms with E-state index in [1.165, 1.54) is 4.88 Å². The third-order valence-corrected chi connectivity index (χ3v) is 5.62. The van der Waals surface area contributed by atoms with Gasteiger partial charge < -0.3 is 10.2 Å². The van der Waals surface area contributed by atoms with Crippen LogP contribution in [0.15, 0.2) is 72.1 Å². The second-order valence-electron chi connectivity index (χ2n) is 6.83. The molecule has 2 aromatic carbocycles. The van der Waals surface area contributed by atoms with Gasteiger partial charge in [0, 0.05) is 29.2 Å². The van der Waals surface area contributed by atoms with E-state index in [1.807, 2.05) is 67.6 Å². The van der Waals surface area contributed by atoms with Crippen molar-refractivity contribution in [2.24, 2.45) is 0 Å². The van der Waals surface area contributed by atoms with Crippen LogP contribution in [0.5, 0.6) is 0 Å². The molecule has 29 heavy (non-hydrogen) atoms. The number of anilines is 2. The first-order chi connectivity index (χ1) is 14.2. The first-order valence-corrected chi connectivity index (χ1v) is 10.8. The summed E-state index contributed by atoms with van der Waals surface area (Å²) in [6.45, 7) is 2.60. The molecule has 0 aliphatic carbocycles. The molecule has 0 radical (unpaired) electrons. The van der Waals surface area contributed by atoms with E-state index in [2.05, 4.69) is 16.8 Å². The molecule has 0 atom stereocenters. The highest BCUT2D eigenvalue weighted by Crippen LogP contribution is 2.17. The van der Waals surface area contributed by atoms with Crippen LogP contribution < -0.4 is 10.2 Å². The Morgan fingerprint density at radius 2 is 1.72 bits per heavy atom. The monoisotopic (exact) mass is 406 g/mol. The Morgan fingerprint density at radius 3 is 2.38 bits per heavy atom. The zero-order valence-corrected chi connectivity index (χ0v) is 17.5. The van der Waals surface area contributed by atoms with Gasteiger partial charge >= 0.3 is 0 Å². The lowest BCUT2D eigenvalue weighted by Crippen LogP contribution is -2.31. The standard InChI is InChI=1S/C24H26N2O2S/c1-2-26(21-8-4-3-5-9-21)24(28)18-19-13-15-20(16-14-19)25-23(27)12-6-10-22-11-7-17-29-22/h3-5,7-9,11,13-17H,2,6,10,12,18H2,1H3,(H,25,27). The lowest BCUT2D eigenvalue weighted by molar-refractivity contribution is -0.118. The van der Waals surface area contributed by atoms with Crippen LogP contribution in [-0.4, -0.2) is 18.4 Å². The fraction of sp³-hybridized carbons (Fsp3) is 0.250. The Kier molecular flexibility index (Phi) is 7.59. The van der Waals surface area contributed by atoms with Crippen LogP contribution in [-0.2, 0) is 22.4 Å². The normalized spacial score (nSPS) is 10.5. The molecule has 0 aliphatic heterocycles. The fourth-order valence-corrected chi connectivity index (χ4v) is 3.94. The van der Waals surface area contributed by atoms with Gasteiger partial charge in [-0.25, -0.2) is 0 Å². The zero-order valence-electron chi connectivity index (χ0n) is 16.6. The lowest BCUT2D eigenvalue weighted by Gasteiger charge is -2.21. The second-order valence-corrected chi connectivity index (χ2v) is 7.86. The van der Waals surface area contributed by atoms with Crippen LogP contribution in [0.3, 0.4) is 0 Å². The van der Waals surface area contributed by atoms with Gasteiger partial charge in [0.15, 0.2) is 0 Å². The highest BCUT2D eigenvalue weighted by molar-refractivity contribution is 7.09. The summed E-state index contributed by atoms with van der Waals surface area (Å²) in [7, 11) is 0. The third-order valence-electron chi connectivity index (χ3n) is 4.69. The average Bonchev–Trinajstić information content (AvgIpc) is 3.24. The number of carbonyl (C=O) groups is 2. The van der Waals surface area contributed by atoms with E-state index >= 15 is 0 Å². The van der Waals surface area contributed by atoms with E-state index in [-0.39, 0.29) is 11.8 Å². The van der Waals surface area contributed by atoms with Crippen LogP contribution in [0, 0.1) is 0 Å². The summed E-state index contributed by atoms with van der Waals surface area (Å²) >= 11 is 1.72. The van der Waals surface area contributed by atoms with Gasteiger partial charge in [0.25, 0.3) is 0 Å². The van der Waals surface area contributed by atoms with Crippen molar-refractivity contribution in [1.29, 1.82) is 0 Å². The number of benzene rings is 2. The topological polar surface area (TPSA) is 49.4 Å². The molecular formula is C24H26N2O2S. The van der Waals surface area contributed by atoms with E-state index < -0.39 is 0 Å². The zero-order chi connectivity index (χ0) is 20.5. The predicted molar refractivity (Wildman–Crippen MR) is 121 cm³/mol. The summed E-state index contributed by atoms with van der Waals surface area (Å²) in [5.41, 5.74) is 2.60. The van der Waals surface area contributed by atoms with E-state index in [1.54, 1.807) is 16.2 Å². The number of rotatable bonds is 9. The lowest BCUT2D eigenvalue weighted by atomic mass is 10.1. The number of aryl methyl sites for hydroxylation is 1. The molecule has 0 bridgehead atoms. The van der Waals surface area contributed by atoms with Crippen molar-refractivity contribution in [2.75, 3.05) is 16.8 Å². The molecular weight excluding hydrogens is 380 g/mol. The van der Waals surface area contributed by atoms with Crippen LogP contribution in [0.2, 0.25) is 0 Å². The fourth-order valence-electron chi connectivity index (χ4n) is 3.19. The van der Waals surface area contributed by atoms with Gasteiger partial charge in [-0.2, -0.15) is 0 Å². The maximum Gasteiger partial charge on any atom is 0.231 e. The Morgan fingerprint density at radius 1 is 0.966 bits per heavy atom. The average molecular weight is 407 g/mol. The van der Waals surface area contributed by atoms with Crippen LogP contribution in [0.25, 0.3) is 0 Å². The van der Waals surface area contributed by atoms with E-state index in [9.17, 15) is 9.59 Å². The molecule has 1 aromatic heterocycles. The van der Waals surface area contributed by atoms with E-state index in [4.69, 9.17) is 0 Å². The SMILES string of the molecule is CCN(C(=O)Cc1ccc(NC(=O)CCCc2cccs2)cc1)c1ccccc1. The van der Waals surface area contributed by atoms with Gasteiger partial charge in [-0.15, -0.1) is 11.3 Å². The minimum Gasteiger partial charge on any atom is -0.326 e. The van der Waals surface area contributed by atoms with Crippen molar-refractivity contribution in [3.05, 3.63) is 82.6 Å². The minimum absolute atomic E-state index is 0.0200. The molecule has 0 saturated carbocycles. The van der Waals surface area contributed by atoms with Crippen molar-refractivity contribution in [1.82, 2.24) is 0 Å². The number of hydrogen-bond acceptors (Lipinski definition) is 3. The van der Waals surface area contributed by atoms with Crippen LogP contribution in [0.1, 0.15) is 30.2 Å². The van der Waals surface area contributed by atoms with Crippen molar-refractivity contribution in [3.63, 3.8) is 0 Å². The molecule has 0 aliphatic rings. The van der Waals surface area contributed by atoms with Crippen molar-refractivity contribution >= 4 is 34.5 Å². The summed E-state index contributed by atoms with van der Waals surface area (Å²) in [5.74, 6) is 0.0793. The number of amides is 2. The van der Waals surface area contributed by atoms with E-state index in [0.717, 1.165) is 29.8 Å². The molecule has 4 nitrogen and oxygen atoms in total. The largest absolute Gasteiger partial charge is 0.326 e. The third kappa shape index (κ3) is 6.29. The number of likely N-dealkylation sites (N-methyl/N-ethyl adjacent to an activating group) is 1. The molecule has 0 saturated heterocycles. The maximum absolute atomic E-state index is 12.7. The Hall–Kier alpha value is -2.92. The summed E-state index contributed by atoms with van der Waals surface area (Å²) in [4.78, 5) is 27.9. The number of thiophene rings is 1. The van der Waals surface area contributed by atoms with Crippen molar-refractivity contribution in [2.45, 2.75) is 32.6 Å². The van der Waals surface area contributed by atoms with Gasteiger partial charge in [0.05, 0.1) is 6.42 Å². The van der Waals surface area contributed by atoms with Gasteiger partial charge in [0.2, 0.25) is 11.8 Å². The molecule has 1 N–H and O–H groups in total. The Bertz CT molecular complexity index is 906.